The minimum Gasteiger partial charge on any atom is -0.305 e. The predicted molar refractivity (Wildman–Crippen MR) is 96.1 cm³/mol. The van der Waals surface area contributed by atoms with E-state index in [2.05, 4.69) is 15.6 Å². The number of carbonyl (C=O) groups excluding carboxylic acids is 1. The van der Waals surface area contributed by atoms with Gasteiger partial charge in [-0.3, -0.25) is 5.32 Å². The van der Waals surface area contributed by atoms with Crippen LogP contribution in [0.5, 0.6) is 0 Å². The number of nitrogens with one attached hydrogen (secondary N) is 2. The summed E-state index contributed by atoms with van der Waals surface area (Å²) in [5.41, 5.74) is 0.692. The first kappa shape index (κ1) is 15.5. The molecule has 3 aromatic carbocycles. The smallest absolute Gasteiger partial charge is 0.305 e. The highest BCUT2D eigenvalue weighted by Gasteiger charge is 2.12. The van der Waals surface area contributed by atoms with Crippen LogP contribution in [0.1, 0.15) is 0 Å². The Balaban J connectivity index is 1.60. The number of amides is 2. The standard InChI is InChI=1S/C18H11F2N3OS/c19-11-6-7-14(13(20)9-11)21-17(24)23-18-22-16-12-4-2-1-3-10(12)5-8-15(16)25-18/h1-9H,(H2,21,22,23,24). The first-order valence-corrected chi connectivity index (χ1v) is 8.23. The number of carbonyl (C=O) groups is 1. The third-order valence-corrected chi connectivity index (χ3v) is 4.62. The molecule has 0 fully saturated rings. The van der Waals surface area contributed by atoms with Crippen molar-refractivity contribution in [2.24, 2.45) is 0 Å². The van der Waals surface area contributed by atoms with Gasteiger partial charge in [-0.1, -0.05) is 41.7 Å². The molecule has 1 heterocycles. The summed E-state index contributed by atoms with van der Waals surface area (Å²) < 4.78 is 27.4. The normalized spacial score (nSPS) is 11.0. The molecule has 25 heavy (non-hydrogen) atoms. The lowest BCUT2D eigenvalue weighted by molar-refractivity contribution is 0.262. The zero-order chi connectivity index (χ0) is 17.4. The summed E-state index contributed by atoms with van der Waals surface area (Å²) in [5.74, 6) is -1.55. The Bertz CT molecular complexity index is 1110. The number of benzene rings is 3. The molecule has 0 radical (unpaired) electrons. The number of thiazole rings is 1. The van der Waals surface area contributed by atoms with E-state index in [9.17, 15) is 13.6 Å². The fourth-order valence-corrected chi connectivity index (χ4v) is 3.43. The van der Waals surface area contributed by atoms with Gasteiger partial charge in [0, 0.05) is 11.5 Å². The Morgan fingerprint density at radius 2 is 1.84 bits per heavy atom. The van der Waals surface area contributed by atoms with Gasteiger partial charge in [0.1, 0.15) is 11.6 Å². The molecule has 0 spiro atoms. The summed E-state index contributed by atoms with van der Waals surface area (Å²) in [5, 5.41) is 7.38. The molecule has 0 aliphatic rings. The number of hydrogen-bond donors (Lipinski definition) is 2. The number of urea groups is 1. The van der Waals surface area contributed by atoms with Gasteiger partial charge >= 0.3 is 6.03 Å². The van der Waals surface area contributed by atoms with E-state index in [0.717, 1.165) is 33.1 Å². The minimum atomic E-state index is -0.842. The Morgan fingerprint density at radius 3 is 2.68 bits per heavy atom. The van der Waals surface area contributed by atoms with E-state index in [1.807, 2.05) is 36.4 Å². The summed E-state index contributed by atoms with van der Waals surface area (Å²) in [7, 11) is 0. The van der Waals surface area contributed by atoms with Crippen LogP contribution in [0.4, 0.5) is 24.4 Å². The number of fused-ring (bicyclic) bond motifs is 3. The zero-order valence-corrected chi connectivity index (χ0v) is 13.5. The van der Waals surface area contributed by atoms with Gasteiger partial charge in [0.25, 0.3) is 0 Å². The van der Waals surface area contributed by atoms with Gasteiger partial charge in [0.15, 0.2) is 5.13 Å². The van der Waals surface area contributed by atoms with E-state index in [4.69, 9.17) is 0 Å². The largest absolute Gasteiger partial charge is 0.325 e. The van der Waals surface area contributed by atoms with Gasteiger partial charge in [-0.2, -0.15) is 0 Å². The van der Waals surface area contributed by atoms with Crippen molar-refractivity contribution in [2.75, 3.05) is 10.6 Å². The van der Waals surface area contributed by atoms with Crippen molar-refractivity contribution >= 4 is 49.2 Å². The van der Waals surface area contributed by atoms with Crippen molar-refractivity contribution in [1.82, 2.24) is 4.98 Å². The molecule has 2 amide bonds. The molecule has 0 aliphatic heterocycles. The summed E-state index contributed by atoms with van der Waals surface area (Å²) in [6.07, 6.45) is 0. The van der Waals surface area contributed by atoms with Crippen LogP contribution in [-0.2, 0) is 0 Å². The van der Waals surface area contributed by atoms with E-state index < -0.39 is 17.7 Å². The number of nitrogens with zero attached hydrogens (tertiary/aromatic N) is 1. The van der Waals surface area contributed by atoms with Gasteiger partial charge < -0.3 is 5.32 Å². The van der Waals surface area contributed by atoms with Gasteiger partial charge in [0.05, 0.1) is 15.9 Å². The highest BCUT2D eigenvalue weighted by Crippen LogP contribution is 2.31. The lowest BCUT2D eigenvalue weighted by Gasteiger charge is -2.06. The highest BCUT2D eigenvalue weighted by molar-refractivity contribution is 7.22. The van der Waals surface area contributed by atoms with Crippen LogP contribution in [0, 0.1) is 11.6 Å². The molecule has 4 aromatic rings. The second-order valence-electron chi connectivity index (χ2n) is 5.36. The van der Waals surface area contributed by atoms with Crippen molar-refractivity contribution in [3.63, 3.8) is 0 Å². The highest BCUT2D eigenvalue weighted by atomic mass is 32.1. The molecule has 1 aromatic heterocycles. The molecule has 4 nitrogen and oxygen atoms in total. The molecule has 0 saturated carbocycles. The van der Waals surface area contributed by atoms with Crippen LogP contribution in [0.3, 0.4) is 0 Å². The van der Waals surface area contributed by atoms with E-state index in [-0.39, 0.29) is 5.69 Å². The maximum atomic E-state index is 13.6. The Morgan fingerprint density at radius 1 is 1.00 bits per heavy atom. The third-order valence-electron chi connectivity index (χ3n) is 3.68. The van der Waals surface area contributed by atoms with Crippen molar-refractivity contribution in [3.8, 4) is 0 Å². The second-order valence-corrected chi connectivity index (χ2v) is 6.39. The quantitative estimate of drug-likeness (QED) is 0.508. The lowest BCUT2D eigenvalue weighted by Crippen LogP contribution is -2.20. The summed E-state index contributed by atoms with van der Waals surface area (Å²) >= 11 is 1.32. The first-order valence-electron chi connectivity index (χ1n) is 7.41. The van der Waals surface area contributed by atoms with E-state index >= 15 is 0 Å². The van der Waals surface area contributed by atoms with Crippen LogP contribution in [0.2, 0.25) is 0 Å². The molecule has 4 rings (SSSR count). The lowest BCUT2D eigenvalue weighted by atomic mass is 10.1. The number of halogens is 2. The monoisotopic (exact) mass is 355 g/mol. The molecular formula is C18H11F2N3OS. The molecule has 0 saturated heterocycles. The van der Waals surface area contributed by atoms with E-state index in [1.54, 1.807) is 0 Å². The fourth-order valence-electron chi connectivity index (χ4n) is 2.56. The van der Waals surface area contributed by atoms with Crippen molar-refractivity contribution in [1.29, 1.82) is 0 Å². The number of anilines is 2. The van der Waals surface area contributed by atoms with Crippen molar-refractivity contribution in [2.45, 2.75) is 0 Å². The molecule has 0 aliphatic carbocycles. The average Bonchev–Trinajstić information content (AvgIpc) is 3.00. The third kappa shape index (κ3) is 3.01. The summed E-state index contributed by atoms with van der Waals surface area (Å²) in [4.78, 5) is 16.5. The average molecular weight is 355 g/mol. The first-order chi connectivity index (χ1) is 12.1. The van der Waals surface area contributed by atoms with Crippen LogP contribution in [0.25, 0.3) is 21.0 Å². The van der Waals surface area contributed by atoms with Crippen LogP contribution in [0.15, 0.2) is 54.6 Å². The Labute approximate surface area is 145 Å². The van der Waals surface area contributed by atoms with Crippen LogP contribution >= 0.6 is 11.3 Å². The van der Waals surface area contributed by atoms with Crippen molar-refractivity contribution < 1.29 is 13.6 Å². The predicted octanol–water partition coefficient (Wildman–Crippen LogP) is 5.37. The van der Waals surface area contributed by atoms with Gasteiger partial charge in [-0.05, 0) is 23.6 Å². The second kappa shape index (κ2) is 6.10. The van der Waals surface area contributed by atoms with E-state index in [1.165, 1.54) is 11.3 Å². The molecule has 0 unspecified atom stereocenters. The van der Waals surface area contributed by atoms with Gasteiger partial charge in [0.2, 0.25) is 0 Å². The maximum Gasteiger partial charge on any atom is 0.325 e. The SMILES string of the molecule is O=C(Nc1nc2c(ccc3ccccc32)s1)Nc1ccc(F)cc1F. The maximum absolute atomic E-state index is 13.6. The van der Waals surface area contributed by atoms with Crippen LogP contribution < -0.4 is 10.6 Å². The van der Waals surface area contributed by atoms with Crippen LogP contribution in [-0.4, -0.2) is 11.0 Å². The van der Waals surface area contributed by atoms with Gasteiger partial charge in [-0.25, -0.2) is 18.6 Å². The topological polar surface area (TPSA) is 54.0 Å². The molecule has 2 N–H and O–H groups in total. The summed E-state index contributed by atoms with van der Waals surface area (Å²) in [6.45, 7) is 0. The Kier molecular flexibility index (Phi) is 3.77. The molecule has 0 atom stereocenters. The molecule has 0 bridgehead atoms. The number of hydrogen-bond acceptors (Lipinski definition) is 3. The van der Waals surface area contributed by atoms with E-state index in [0.29, 0.717) is 11.2 Å². The van der Waals surface area contributed by atoms with Crippen molar-refractivity contribution in [3.05, 3.63) is 66.2 Å². The molecule has 7 heteroatoms. The zero-order valence-electron chi connectivity index (χ0n) is 12.7. The van der Waals surface area contributed by atoms with Gasteiger partial charge in [-0.15, -0.1) is 0 Å². The molecular weight excluding hydrogens is 344 g/mol. The number of aromatic nitrogens is 1. The summed E-state index contributed by atoms with van der Waals surface area (Å²) in [6, 6.07) is 14.1. The Hall–Kier alpha value is -3.06. The minimum absolute atomic E-state index is 0.106. The number of rotatable bonds is 2. The molecule has 124 valence electrons. The fraction of sp³-hybridized carbons (Fsp3) is 0.